The third-order valence-electron chi connectivity index (χ3n) is 4.50. The van der Waals surface area contributed by atoms with Gasteiger partial charge in [0, 0.05) is 11.1 Å². The summed E-state index contributed by atoms with van der Waals surface area (Å²) in [7, 11) is 1.59. The van der Waals surface area contributed by atoms with Crippen molar-refractivity contribution in [3.05, 3.63) is 89.4 Å². The molecule has 2 aromatic carbocycles. The van der Waals surface area contributed by atoms with Crippen molar-refractivity contribution in [1.29, 1.82) is 0 Å². The van der Waals surface area contributed by atoms with Crippen molar-refractivity contribution >= 4 is 23.5 Å². The van der Waals surface area contributed by atoms with Crippen LogP contribution in [0.3, 0.4) is 0 Å². The minimum absolute atomic E-state index is 0.186. The average molecular weight is 359 g/mol. The number of carbonyl (C=O) groups excluding carboxylic acids is 2. The van der Waals surface area contributed by atoms with Crippen LogP contribution in [0.5, 0.6) is 5.75 Å². The number of fused-ring (bicyclic) bond motifs is 1. The second kappa shape index (κ2) is 6.96. The highest BCUT2D eigenvalue weighted by molar-refractivity contribution is 6.33. The summed E-state index contributed by atoms with van der Waals surface area (Å²) in [5.74, 6) is 0.639. The number of hydrogen-bond acceptors (Lipinski definition) is 4. The molecule has 0 saturated heterocycles. The van der Waals surface area contributed by atoms with Gasteiger partial charge in [0.25, 0.3) is 11.8 Å². The fourth-order valence-corrected chi connectivity index (χ4v) is 3.11. The minimum atomic E-state index is -0.342. The molecule has 0 spiro atoms. The summed E-state index contributed by atoms with van der Waals surface area (Å²) in [6, 6.07) is 18.0. The highest BCUT2D eigenvalue weighted by Gasteiger charge is 2.34. The molecule has 2 heterocycles. The largest absolute Gasteiger partial charge is 0.497 e. The Labute approximate surface area is 156 Å². The van der Waals surface area contributed by atoms with Crippen molar-refractivity contribution < 1.29 is 18.7 Å². The Hall–Kier alpha value is -3.60. The summed E-state index contributed by atoms with van der Waals surface area (Å²) < 4.78 is 10.5. The van der Waals surface area contributed by atoms with Crippen LogP contribution in [0.25, 0.3) is 11.6 Å². The number of nitrogens with zero attached hydrogens (tertiary/aromatic N) is 1. The van der Waals surface area contributed by atoms with E-state index >= 15 is 0 Å². The zero-order chi connectivity index (χ0) is 18.8. The van der Waals surface area contributed by atoms with Gasteiger partial charge in [-0.05, 0) is 42.0 Å². The smallest absolute Gasteiger partial charge is 0.261 e. The third-order valence-corrected chi connectivity index (χ3v) is 4.50. The molecule has 1 aliphatic heterocycles. The molecular weight excluding hydrogens is 342 g/mol. The molecule has 5 heteroatoms. The van der Waals surface area contributed by atoms with Gasteiger partial charge in [-0.25, -0.2) is 0 Å². The van der Waals surface area contributed by atoms with Gasteiger partial charge in [-0.3, -0.25) is 14.5 Å². The average Bonchev–Trinajstić information content (AvgIpc) is 3.22. The van der Waals surface area contributed by atoms with Crippen LogP contribution in [-0.4, -0.2) is 23.8 Å². The Balaban J connectivity index is 1.74. The molecule has 0 fully saturated rings. The number of rotatable bonds is 4. The lowest BCUT2D eigenvalue weighted by Crippen LogP contribution is -2.41. The van der Waals surface area contributed by atoms with E-state index in [4.69, 9.17) is 9.15 Å². The molecule has 0 aliphatic carbocycles. The molecule has 134 valence electrons. The molecule has 0 atom stereocenters. The number of ether oxygens (including phenoxy) is 1. The van der Waals surface area contributed by atoms with Gasteiger partial charge in [0.2, 0.25) is 0 Å². The first-order valence-electron chi connectivity index (χ1n) is 8.51. The standard InChI is InChI=1S/C22H17NO4/c1-26-16-10-8-15(9-11-16)14-23-21(24)19-7-3-2-6-18(19)20(22(23)25)13-17-5-4-12-27-17/h2-13H,14H2,1H3. The van der Waals surface area contributed by atoms with Gasteiger partial charge in [-0.2, -0.15) is 0 Å². The van der Waals surface area contributed by atoms with Crippen molar-refractivity contribution in [1.82, 2.24) is 4.90 Å². The quantitative estimate of drug-likeness (QED) is 0.522. The van der Waals surface area contributed by atoms with Crippen molar-refractivity contribution in [3.8, 4) is 5.75 Å². The van der Waals surface area contributed by atoms with E-state index in [1.807, 2.05) is 30.3 Å². The van der Waals surface area contributed by atoms with E-state index in [2.05, 4.69) is 0 Å². The van der Waals surface area contributed by atoms with Gasteiger partial charge in [0.1, 0.15) is 11.5 Å². The predicted molar refractivity (Wildman–Crippen MR) is 101 cm³/mol. The van der Waals surface area contributed by atoms with Crippen molar-refractivity contribution in [2.45, 2.75) is 6.54 Å². The van der Waals surface area contributed by atoms with Gasteiger partial charge in [0.05, 0.1) is 25.5 Å². The fourth-order valence-electron chi connectivity index (χ4n) is 3.11. The minimum Gasteiger partial charge on any atom is -0.497 e. The number of carbonyl (C=O) groups is 2. The van der Waals surface area contributed by atoms with Crippen LogP contribution >= 0.6 is 0 Å². The molecule has 0 saturated carbocycles. The van der Waals surface area contributed by atoms with Gasteiger partial charge in [-0.1, -0.05) is 30.3 Å². The normalized spacial score (nSPS) is 15.1. The summed E-state index contributed by atoms with van der Waals surface area (Å²) in [5.41, 5.74) is 2.40. The Morgan fingerprint density at radius 1 is 0.926 bits per heavy atom. The van der Waals surface area contributed by atoms with E-state index < -0.39 is 0 Å². The number of amides is 2. The second-order valence-corrected chi connectivity index (χ2v) is 6.16. The van der Waals surface area contributed by atoms with Crippen LogP contribution in [0.2, 0.25) is 0 Å². The van der Waals surface area contributed by atoms with Crippen molar-refractivity contribution in [2.75, 3.05) is 7.11 Å². The fraction of sp³-hybridized carbons (Fsp3) is 0.0909. The van der Waals surface area contributed by atoms with Crippen LogP contribution in [0.15, 0.2) is 71.3 Å². The monoisotopic (exact) mass is 359 g/mol. The van der Waals surface area contributed by atoms with Crippen LogP contribution in [0.4, 0.5) is 0 Å². The Kier molecular flexibility index (Phi) is 4.34. The molecule has 0 radical (unpaired) electrons. The maximum Gasteiger partial charge on any atom is 0.261 e. The molecule has 4 rings (SSSR count). The maximum atomic E-state index is 13.1. The zero-order valence-electron chi connectivity index (χ0n) is 14.7. The molecule has 1 aromatic heterocycles. The van der Waals surface area contributed by atoms with Gasteiger partial charge >= 0.3 is 0 Å². The number of methoxy groups -OCH3 is 1. The topological polar surface area (TPSA) is 59.8 Å². The van der Waals surface area contributed by atoms with Crippen molar-refractivity contribution in [3.63, 3.8) is 0 Å². The highest BCUT2D eigenvalue weighted by atomic mass is 16.5. The Morgan fingerprint density at radius 3 is 2.33 bits per heavy atom. The SMILES string of the molecule is COc1ccc(CN2C(=O)C(=Cc3ccco3)c3ccccc3C2=O)cc1. The van der Waals surface area contributed by atoms with E-state index in [0.717, 1.165) is 11.3 Å². The second-order valence-electron chi connectivity index (χ2n) is 6.16. The number of benzene rings is 2. The van der Waals surface area contributed by atoms with Gasteiger partial charge in [0.15, 0.2) is 0 Å². The number of hydrogen-bond donors (Lipinski definition) is 0. The van der Waals surface area contributed by atoms with Gasteiger partial charge < -0.3 is 9.15 Å². The molecular formula is C22H17NO4. The molecule has 5 nitrogen and oxygen atoms in total. The van der Waals surface area contributed by atoms with Gasteiger partial charge in [-0.15, -0.1) is 0 Å². The molecule has 1 aliphatic rings. The number of furan rings is 1. The summed E-state index contributed by atoms with van der Waals surface area (Å²) >= 11 is 0. The first-order chi connectivity index (χ1) is 13.2. The first kappa shape index (κ1) is 16.8. The zero-order valence-corrected chi connectivity index (χ0v) is 14.7. The summed E-state index contributed by atoms with van der Waals surface area (Å²) in [4.78, 5) is 27.3. The van der Waals surface area contributed by atoms with Crippen LogP contribution in [-0.2, 0) is 11.3 Å². The summed E-state index contributed by atoms with van der Waals surface area (Å²) in [5, 5.41) is 0. The van der Waals surface area contributed by atoms with Crippen LogP contribution < -0.4 is 4.74 Å². The molecule has 27 heavy (non-hydrogen) atoms. The highest BCUT2D eigenvalue weighted by Crippen LogP contribution is 2.31. The summed E-state index contributed by atoms with van der Waals surface area (Å²) in [6.45, 7) is 0.186. The van der Waals surface area contributed by atoms with Crippen LogP contribution in [0.1, 0.15) is 27.2 Å². The lowest BCUT2D eigenvalue weighted by molar-refractivity contribution is -0.123. The van der Waals surface area contributed by atoms with E-state index in [1.165, 1.54) is 4.90 Å². The predicted octanol–water partition coefficient (Wildman–Crippen LogP) is 4.01. The maximum absolute atomic E-state index is 13.1. The van der Waals surface area contributed by atoms with E-state index in [-0.39, 0.29) is 18.4 Å². The number of imide groups is 1. The van der Waals surface area contributed by atoms with E-state index in [9.17, 15) is 9.59 Å². The Morgan fingerprint density at radius 2 is 1.67 bits per heavy atom. The van der Waals surface area contributed by atoms with E-state index in [0.29, 0.717) is 22.5 Å². The lowest BCUT2D eigenvalue weighted by Gasteiger charge is -2.28. The molecule has 2 amide bonds. The summed E-state index contributed by atoms with van der Waals surface area (Å²) in [6.07, 6.45) is 3.22. The Bertz CT molecular complexity index is 1020. The van der Waals surface area contributed by atoms with Crippen LogP contribution in [0, 0.1) is 0 Å². The lowest BCUT2D eigenvalue weighted by atomic mass is 9.92. The molecule has 0 bridgehead atoms. The van der Waals surface area contributed by atoms with E-state index in [1.54, 1.807) is 49.8 Å². The first-order valence-corrected chi connectivity index (χ1v) is 8.51. The molecule has 0 unspecified atom stereocenters. The third kappa shape index (κ3) is 3.15. The molecule has 3 aromatic rings. The van der Waals surface area contributed by atoms with Crippen molar-refractivity contribution in [2.24, 2.45) is 0 Å². The molecule has 0 N–H and O–H groups in total.